The Morgan fingerprint density at radius 1 is 0.767 bits per heavy atom. The van der Waals surface area contributed by atoms with E-state index in [-0.39, 0.29) is 6.04 Å². The van der Waals surface area contributed by atoms with Gasteiger partial charge in [0, 0.05) is 41.7 Å². The topological polar surface area (TPSA) is 77.0 Å². The summed E-state index contributed by atoms with van der Waals surface area (Å²) in [4.78, 5) is 3.44. The van der Waals surface area contributed by atoms with E-state index in [1.54, 1.807) is 14.2 Å². The Labute approximate surface area is 252 Å². The summed E-state index contributed by atoms with van der Waals surface area (Å²) >= 11 is 0. The zero-order chi connectivity index (χ0) is 29.4. The molecule has 218 valence electrons. The van der Waals surface area contributed by atoms with E-state index in [2.05, 4.69) is 99.9 Å². The highest BCUT2D eigenvalue weighted by Gasteiger charge is 2.24. The molecule has 1 unspecified atom stereocenters. The summed E-state index contributed by atoms with van der Waals surface area (Å²) in [5.41, 5.74) is 5.91. The molecule has 0 spiro atoms. The summed E-state index contributed by atoms with van der Waals surface area (Å²) in [5.74, 6) is 3.39. The fourth-order valence-electron chi connectivity index (χ4n) is 5.63. The summed E-state index contributed by atoms with van der Waals surface area (Å²) < 4.78 is 13.5. The number of nitrogens with one attached hydrogen (secondary N) is 2. The largest absolute Gasteiger partial charge is 0.497 e. The van der Waals surface area contributed by atoms with Crippen molar-refractivity contribution in [3.8, 4) is 11.5 Å². The molecular formula is C36H37N5O2. The fourth-order valence-corrected chi connectivity index (χ4v) is 5.63. The van der Waals surface area contributed by atoms with E-state index in [9.17, 15) is 0 Å². The number of benzene rings is 4. The summed E-state index contributed by atoms with van der Waals surface area (Å²) in [6.07, 6.45) is 4.52. The maximum Gasteiger partial charge on any atom is 0.150 e. The molecule has 4 aromatic carbocycles. The van der Waals surface area contributed by atoms with Crippen LogP contribution in [0.1, 0.15) is 39.9 Å². The average molecular weight is 572 g/mol. The van der Waals surface area contributed by atoms with Gasteiger partial charge < -0.3 is 24.3 Å². The van der Waals surface area contributed by atoms with Crippen molar-refractivity contribution in [2.45, 2.75) is 38.4 Å². The summed E-state index contributed by atoms with van der Waals surface area (Å²) in [5, 5.41) is 14.7. The van der Waals surface area contributed by atoms with Gasteiger partial charge in [-0.3, -0.25) is 0 Å². The molecule has 1 atom stereocenters. The molecule has 0 aliphatic rings. The van der Waals surface area contributed by atoms with Crippen LogP contribution in [0, 0.1) is 0 Å². The van der Waals surface area contributed by atoms with Crippen LogP contribution >= 0.6 is 0 Å². The normalized spacial score (nSPS) is 12.0. The number of H-pyrrole nitrogens is 1. The van der Waals surface area contributed by atoms with E-state index >= 15 is 0 Å². The lowest BCUT2D eigenvalue weighted by Crippen LogP contribution is -2.27. The molecular weight excluding hydrogens is 534 g/mol. The highest BCUT2D eigenvalue weighted by atomic mass is 16.5. The molecule has 0 aliphatic heterocycles. The van der Waals surface area contributed by atoms with Crippen molar-refractivity contribution in [2.24, 2.45) is 0 Å². The Morgan fingerprint density at radius 2 is 1.51 bits per heavy atom. The summed E-state index contributed by atoms with van der Waals surface area (Å²) in [6.45, 7) is 1.29. The first-order valence-corrected chi connectivity index (χ1v) is 14.7. The highest BCUT2D eigenvalue weighted by molar-refractivity contribution is 5.83. The maximum atomic E-state index is 5.79. The first kappa shape index (κ1) is 28.2. The van der Waals surface area contributed by atoms with Gasteiger partial charge in [-0.05, 0) is 47.7 Å². The van der Waals surface area contributed by atoms with Gasteiger partial charge in [-0.25, -0.2) is 0 Å². The minimum atomic E-state index is -0.0818. The van der Waals surface area contributed by atoms with Gasteiger partial charge in [-0.2, -0.15) is 0 Å². The number of aryl methyl sites for hydroxylation is 2. The van der Waals surface area contributed by atoms with E-state index in [0.29, 0.717) is 13.1 Å². The molecule has 0 saturated heterocycles. The third-order valence-corrected chi connectivity index (χ3v) is 7.96. The molecule has 7 nitrogen and oxygen atoms in total. The second-order valence-electron chi connectivity index (χ2n) is 10.7. The van der Waals surface area contributed by atoms with Gasteiger partial charge in [-0.1, -0.05) is 78.9 Å². The zero-order valence-electron chi connectivity index (χ0n) is 24.7. The Balaban J connectivity index is 1.39. The number of nitrogens with zero attached hydrogens (tertiary/aromatic N) is 3. The number of aromatic nitrogens is 4. The van der Waals surface area contributed by atoms with Crippen LogP contribution in [-0.4, -0.2) is 34.0 Å². The van der Waals surface area contributed by atoms with Crippen LogP contribution in [-0.2, 0) is 32.4 Å². The van der Waals surface area contributed by atoms with Gasteiger partial charge >= 0.3 is 0 Å². The summed E-state index contributed by atoms with van der Waals surface area (Å²) in [6, 6.07) is 35.4. The monoisotopic (exact) mass is 571 g/mol. The van der Waals surface area contributed by atoms with Crippen molar-refractivity contribution in [1.29, 1.82) is 0 Å². The van der Waals surface area contributed by atoms with Crippen LogP contribution in [0.4, 0.5) is 0 Å². The minimum Gasteiger partial charge on any atom is -0.497 e. The van der Waals surface area contributed by atoms with Crippen LogP contribution < -0.4 is 14.8 Å². The van der Waals surface area contributed by atoms with Crippen molar-refractivity contribution in [1.82, 2.24) is 25.1 Å². The van der Waals surface area contributed by atoms with Crippen molar-refractivity contribution < 1.29 is 9.47 Å². The van der Waals surface area contributed by atoms with Gasteiger partial charge in [0.1, 0.15) is 17.3 Å². The van der Waals surface area contributed by atoms with Gasteiger partial charge in [-0.15, -0.1) is 10.2 Å². The molecule has 2 aromatic heterocycles. The van der Waals surface area contributed by atoms with E-state index in [4.69, 9.17) is 19.7 Å². The summed E-state index contributed by atoms with van der Waals surface area (Å²) in [7, 11) is 3.37. The Bertz CT molecular complexity index is 1760. The number of para-hydroxylation sites is 1. The van der Waals surface area contributed by atoms with E-state index in [1.807, 2.05) is 24.3 Å². The van der Waals surface area contributed by atoms with E-state index in [1.165, 1.54) is 22.1 Å². The smallest absolute Gasteiger partial charge is 0.150 e. The molecule has 0 radical (unpaired) electrons. The highest BCUT2D eigenvalue weighted by Crippen LogP contribution is 2.29. The van der Waals surface area contributed by atoms with Gasteiger partial charge in [0.05, 0.1) is 26.8 Å². The Hall–Kier alpha value is -4.88. The van der Waals surface area contributed by atoms with Crippen molar-refractivity contribution in [3.63, 3.8) is 0 Å². The first-order chi connectivity index (χ1) is 21.2. The predicted octanol–water partition coefficient (Wildman–Crippen LogP) is 6.68. The lowest BCUT2D eigenvalue weighted by molar-refractivity contribution is 0.389. The maximum absolute atomic E-state index is 5.79. The number of rotatable bonds is 13. The lowest BCUT2D eigenvalue weighted by atomic mass is 10.0. The molecule has 0 aliphatic carbocycles. The molecule has 0 amide bonds. The molecule has 6 aromatic rings. The zero-order valence-corrected chi connectivity index (χ0v) is 24.7. The number of hydrogen-bond donors (Lipinski definition) is 2. The molecule has 7 heteroatoms. The van der Waals surface area contributed by atoms with Crippen LogP contribution in [0.15, 0.2) is 109 Å². The fraction of sp³-hybridized carbons (Fsp3) is 0.222. The number of aromatic amines is 1. The Kier molecular flexibility index (Phi) is 8.80. The lowest BCUT2D eigenvalue weighted by Gasteiger charge is -2.21. The number of methoxy groups -OCH3 is 2. The molecule has 6 rings (SSSR count). The molecule has 0 saturated carbocycles. The Morgan fingerprint density at radius 3 is 2.28 bits per heavy atom. The second-order valence-corrected chi connectivity index (χ2v) is 10.7. The van der Waals surface area contributed by atoms with Gasteiger partial charge in [0.25, 0.3) is 0 Å². The SMILES string of the molecule is COc1ccc(Cn2c(CCc3ccccc3)nnc2C(Cc2c[nH]c3ccccc23)NCc2ccccc2)c(OC)c1. The van der Waals surface area contributed by atoms with Crippen LogP contribution in [0.25, 0.3) is 10.9 Å². The number of ether oxygens (including phenoxy) is 2. The van der Waals surface area contributed by atoms with E-state index in [0.717, 1.165) is 53.5 Å². The van der Waals surface area contributed by atoms with E-state index < -0.39 is 0 Å². The molecule has 2 N–H and O–H groups in total. The number of fused-ring (bicyclic) bond motifs is 1. The standard InChI is InChI=1S/C36H37N5O2/c1-42-30-19-18-28(34(22-30)43-2)25-41-35(20-17-26-11-5-3-6-12-26)39-40-36(41)33(37-23-27-13-7-4-8-14-27)21-29-24-38-32-16-10-9-15-31(29)32/h3-16,18-19,22,24,33,37-38H,17,20-21,23,25H2,1-2H3. The number of hydrogen-bond acceptors (Lipinski definition) is 5. The molecule has 43 heavy (non-hydrogen) atoms. The quantitative estimate of drug-likeness (QED) is 0.162. The first-order valence-electron chi connectivity index (χ1n) is 14.7. The van der Waals surface area contributed by atoms with Crippen molar-refractivity contribution >= 4 is 10.9 Å². The van der Waals surface area contributed by atoms with Crippen molar-refractivity contribution in [2.75, 3.05) is 14.2 Å². The molecule has 0 bridgehead atoms. The van der Waals surface area contributed by atoms with Crippen LogP contribution in [0.2, 0.25) is 0 Å². The van der Waals surface area contributed by atoms with Crippen molar-refractivity contribution in [3.05, 3.63) is 143 Å². The molecule has 2 heterocycles. The second kappa shape index (κ2) is 13.4. The third kappa shape index (κ3) is 6.63. The van der Waals surface area contributed by atoms with Crippen LogP contribution in [0.3, 0.4) is 0 Å². The molecule has 0 fully saturated rings. The minimum absolute atomic E-state index is 0.0818. The predicted molar refractivity (Wildman–Crippen MR) is 171 cm³/mol. The van der Waals surface area contributed by atoms with Crippen LogP contribution in [0.5, 0.6) is 11.5 Å². The van der Waals surface area contributed by atoms with Gasteiger partial charge in [0.15, 0.2) is 5.82 Å². The average Bonchev–Trinajstić information content (AvgIpc) is 3.66. The third-order valence-electron chi connectivity index (χ3n) is 7.96. The van der Waals surface area contributed by atoms with Gasteiger partial charge in [0.2, 0.25) is 0 Å².